The van der Waals surface area contributed by atoms with E-state index >= 15 is 0 Å². The van der Waals surface area contributed by atoms with E-state index in [1.54, 1.807) is 19.0 Å². The lowest BCUT2D eigenvalue weighted by molar-refractivity contribution is -0.133. The van der Waals surface area contributed by atoms with Gasteiger partial charge in [0.15, 0.2) is 0 Å². The SMILES string of the molecule is COC(=O)C(=CN(C)C)c1ccc(Cl)cc1F. The highest BCUT2D eigenvalue weighted by molar-refractivity contribution is 6.30. The fraction of sp³-hybridized carbons (Fsp3) is 0.250. The van der Waals surface area contributed by atoms with Crippen LogP contribution in [0, 0.1) is 5.82 Å². The molecule has 0 atom stereocenters. The monoisotopic (exact) mass is 257 g/mol. The van der Waals surface area contributed by atoms with Crippen molar-refractivity contribution >= 4 is 23.1 Å². The Morgan fingerprint density at radius 2 is 2.12 bits per heavy atom. The minimum absolute atomic E-state index is 0.145. The van der Waals surface area contributed by atoms with Gasteiger partial charge in [-0.25, -0.2) is 9.18 Å². The summed E-state index contributed by atoms with van der Waals surface area (Å²) in [5.74, 6) is -1.16. The van der Waals surface area contributed by atoms with Crippen LogP contribution < -0.4 is 0 Å². The molecule has 0 aromatic heterocycles. The molecule has 1 rings (SSSR count). The maximum Gasteiger partial charge on any atom is 0.340 e. The van der Waals surface area contributed by atoms with Crippen molar-refractivity contribution in [2.24, 2.45) is 0 Å². The van der Waals surface area contributed by atoms with Gasteiger partial charge in [0.05, 0.1) is 12.7 Å². The predicted octanol–water partition coefficient (Wildman–Crippen LogP) is 2.55. The highest BCUT2D eigenvalue weighted by Gasteiger charge is 2.17. The van der Waals surface area contributed by atoms with E-state index in [2.05, 4.69) is 4.74 Å². The molecule has 0 saturated heterocycles. The van der Waals surface area contributed by atoms with Gasteiger partial charge in [-0.1, -0.05) is 11.6 Å². The Labute approximate surface area is 104 Å². The van der Waals surface area contributed by atoms with Gasteiger partial charge in [0.25, 0.3) is 0 Å². The van der Waals surface area contributed by atoms with E-state index < -0.39 is 11.8 Å². The summed E-state index contributed by atoms with van der Waals surface area (Å²) in [7, 11) is 4.72. The summed E-state index contributed by atoms with van der Waals surface area (Å²) in [6.45, 7) is 0. The van der Waals surface area contributed by atoms with E-state index in [4.69, 9.17) is 11.6 Å². The number of nitrogens with zero attached hydrogens (tertiary/aromatic N) is 1. The van der Waals surface area contributed by atoms with Crippen molar-refractivity contribution < 1.29 is 13.9 Å². The van der Waals surface area contributed by atoms with Gasteiger partial charge in [-0.2, -0.15) is 0 Å². The summed E-state index contributed by atoms with van der Waals surface area (Å²) in [5, 5.41) is 0.278. The van der Waals surface area contributed by atoms with Gasteiger partial charge in [-0.05, 0) is 18.2 Å². The minimum atomic E-state index is -0.597. The zero-order valence-corrected chi connectivity index (χ0v) is 10.6. The number of ether oxygens (including phenoxy) is 1. The van der Waals surface area contributed by atoms with Crippen molar-refractivity contribution in [2.45, 2.75) is 0 Å². The molecule has 0 amide bonds. The molecule has 0 fully saturated rings. The highest BCUT2D eigenvalue weighted by atomic mass is 35.5. The Balaban J connectivity index is 3.27. The highest BCUT2D eigenvalue weighted by Crippen LogP contribution is 2.22. The van der Waals surface area contributed by atoms with Crippen LogP contribution in [-0.4, -0.2) is 32.1 Å². The molecule has 0 spiro atoms. The average Bonchev–Trinajstić information content (AvgIpc) is 2.25. The molecule has 5 heteroatoms. The second kappa shape index (κ2) is 5.68. The number of hydrogen-bond acceptors (Lipinski definition) is 3. The molecule has 1 aromatic rings. The number of methoxy groups -OCH3 is 1. The number of carbonyl (C=O) groups is 1. The van der Waals surface area contributed by atoms with Gasteiger partial charge in [-0.3, -0.25) is 0 Å². The second-order valence-corrected chi connectivity index (χ2v) is 4.06. The zero-order chi connectivity index (χ0) is 13.0. The third-order valence-corrected chi connectivity index (χ3v) is 2.25. The summed E-state index contributed by atoms with van der Waals surface area (Å²) >= 11 is 5.65. The maximum atomic E-state index is 13.7. The first-order valence-corrected chi connectivity index (χ1v) is 5.25. The summed E-state index contributed by atoms with van der Waals surface area (Å²) in [6.07, 6.45) is 1.50. The molecular weight excluding hydrogens is 245 g/mol. The molecule has 0 heterocycles. The van der Waals surface area contributed by atoms with Crippen LogP contribution in [0.4, 0.5) is 4.39 Å². The normalized spacial score (nSPS) is 11.2. The smallest absolute Gasteiger partial charge is 0.340 e. The van der Waals surface area contributed by atoms with Gasteiger partial charge in [0, 0.05) is 30.9 Å². The molecule has 17 heavy (non-hydrogen) atoms. The first-order valence-electron chi connectivity index (χ1n) is 4.87. The van der Waals surface area contributed by atoms with E-state index in [0.717, 1.165) is 6.07 Å². The Kier molecular flexibility index (Phi) is 4.52. The van der Waals surface area contributed by atoms with E-state index in [1.807, 2.05) is 0 Å². The van der Waals surface area contributed by atoms with Crippen molar-refractivity contribution in [3.63, 3.8) is 0 Å². The molecule has 0 radical (unpaired) electrons. The predicted molar refractivity (Wildman–Crippen MR) is 65.1 cm³/mol. The quantitative estimate of drug-likeness (QED) is 0.616. The molecule has 0 saturated carbocycles. The molecule has 0 N–H and O–H groups in total. The van der Waals surface area contributed by atoms with E-state index in [1.165, 1.54) is 25.4 Å². The molecule has 0 aliphatic carbocycles. The third kappa shape index (κ3) is 3.46. The molecule has 0 aliphatic heterocycles. The third-order valence-electron chi connectivity index (χ3n) is 2.01. The number of esters is 1. The van der Waals surface area contributed by atoms with E-state index in [9.17, 15) is 9.18 Å². The Morgan fingerprint density at radius 1 is 1.47 bits per heavy atom. The van der Waals surface area contributed by atoms with Crippen LogP contribution in [0.25, 0.3) is 5.57 Å². The fourth-order valence-corrected chi connectivity index (χ4v) is 1.47. The average molecular weight is 258 g/mol. The Morgan fingerprint density at radius 3 is 2.59 bits per heavy atom. The van der Waals surface area contributed by atoms with Crippen LogP contribution in [-0.2, 0) is 9.53 Å². The largest absolute Gasteiger partial charge is 0.465 e. The lowest BCUT2D eigenvalue weighted by atomic mass is 10.1. The number of halogens is 2. The van der Waals surface area contributed by atoms with Crippen molar-refractivity contribution in [2.75, 3.05) is 21.2 Å². The summed E-state index contributed by atoms with van der Waals surface area (Å²) < 4.78 is 18.3. The van der Waals surface area contributed by atoms with Crippen LogP contribution in [0.15, 0.2) is 24.4 Å². The maximum absolute atomic E-state index is 13.7. The number of carbonyl (C=O) groups excluding carboxylic acids is 1. The number of rotatable bonds is 3. The van der Waals surface area contributed by atoms with Gasteiger partial charge in [0.1, 0.15) is 5.82 Å². The van der Waals surface area contributed by atoms with Gasteiger partial charge >= 0.3 is 5.97 Å². The van der Waals surface area contributed by atoms with Crippen LogP contribution >= 0.6 is 11.6 Å². The molecule has 3 nitrogen and oxygen atoms in total. The first-order chi connectivity index (χ1) is 7.95. The zero-order valence-electron chi connectivity index (χ0n) is 9.83. The lowest BCUT2D eigenvalue weighted by Crippen LogP contribution is -2.11. The van der Waals surface area contributed by atoms with Crippen LogP contribution in [0.3, 0.4) is 0 Å². The lowest BCUT2D eigenvalue weighted by Gasteiger charge is -2.11. The first kappa shape index (κ1) is 13.5. The molecule has 0 bridgehead atoms. The standard InChI is InChI=1S/C12H13ClFNO2/c1-15(2)7-10(12(16)17-3)9-5-4-8(13)6-11(9)14/h4-7H,1-3H3. The van der Waals surface area contributed by atoms with Crippen molar-refractivity contribution in [3.05, 3.63) is 40.8 Å². The second-order valence-electron chi connectivity index (χ2n) is 3.62. The van der Waals surface area contributed by atoms with E-state index in [-0.39, 0.29) is 16.2 Å². The Bertz CT molecular complexity index is 458. The van der Waals surface area contributed by atoms with Crippen molar-refractivity contribution in [3.8, 4) is 0 Å². The topological polar surface area (TPSA) is 29.5 Å². The van der Waals surface area contributed by atoms with E-state index in [0.29, 0.717) is 0 Å². The van der Waals surface area contributed by atoms with Crippen LogP contribution in [0.1, 0.15) is 5.56 Å². The summed E-state index contributed by atoms with van der Waals surface area (Å²) in [5.41, 5.74) is 0.307. The number of hydrogen-bond donors (Lipinski definition) is 0. The Hall–Kier alpha value is -1.55. The molecule has 0 aliphatic rings. The van der Waals surface area contributed by atoms with Crippen LogP contribution in [0.5, 0.6) is 0 Å². The molecule has 92 valence electrons. The molecule has 1 aromatic carbocycles. The van der Waals surface area contributed by atoms with Crippen molar-refractivity contribution in [1.29, 1.82) is 0 Å². The van der Waals surface area contributed by atoms with Crippen LogP contribution in [0.2, 0.25) is 5.02 Å². The molecule has 0 unspecified atom stereocenters. The van der Waals surface area contributed by atoms with Gasteiger partial charge in [0.2, 0.25) is 0 Å². The summed E-state index contributed by atoms with van der Waals surface area (Å²) in [4.78, 5) is 13.2. The number of benzene rings is 1. The minimum Gasteiger partial charge on any atom is -0.465 e. The summed E-state index contributed by atoms with van der Waals surface area (Å²) in [6, 6.07) is 4.12. The molecular formula is C12H13ClFNO2. The van der Waals surface area contributed by atoms with Crippen molar-refractivity contribution in [1.82, 2.24) is 4.90 Å². The fourth-order valence-electron chi connectivity index (χ4n) is 1.31. The van der Waals surface area contributed by atoms with Gasteiger partial charge in [-0.15, -0.1) is 0 Å². The van der Waals surface area contributed by atoms with Gasteiger partial charge < -0.3 is 9.64 Å².